The Morgan fingerprint density at radius 1 is 1.61 bits per heavy atom. The minimum Gasteiger partial charge on any atom is -0.481 e. The van der Waals surface area contributed by atoms with E-state index in [4.69, 9.17) is 5.11 Å². The van der Waals surface area contributed by atoms with Crippen molar-refractivity contribution in [1.82, 2.24) is 9.55 Å². The van der Waals surface area contributed by atoms with Crippen molar-refractivity contribution in [3.8, 4) is 0 Å². The Morgan fingerprint density at radius 2 is 2.33 bits per heavy atom. The summed E-state index contributed by atoms with van der Waals surface area (Å²) >= 11 is 2.91. The van der Waals surface area contributed by atoms with E-state index < -0.39 is 5.97 Å². The highest BCUT2D eigenvalue weighted by Gasteiger charge is 2.42. The van der Waals surface area contributed by atoms with Crippen LogP contribution >= 0.6 is 23.5 Å². The van der Waals surface area contributed by atoms with Crippen LogP contribution < -0.4 is 5.56 Å². The first kappa shape index (κ1) is 13.5. The molecule has 1 aliphatic carbocycles. The van der Waals surface area contributed by atoms with Crippen LogP contribution in [0.2, 0.25) is 0 Å². The SMILES string of the molecule is CSC1(Cn2ccc(=O)nc2SCC(=O)O)CC1. The molecule has 98 valence electrons. The molecule has 0 aliphatic heterocycles. The molecular formula is C11H14N2O3S2. The van der Waals surface area contributed by atoms with Gasteiger partial charge in [-0.3, -0.25) is 9.59 Å². The van der Waals surface area contributed by atoms with Crippen molar-refractivity contribution in [2.45, 2.75) is 29.3 Å². The summed E-state index contributed by atoms with van der Waals surface area (Å²) in [6.45, 7) is 0.781. The van der Waals surface area contributed by atoms with Crippen LogP contribution in [0, 0.1) is 0 Å². The maximum atomic E-state index is 11.2. The predicted molar refractivity (Wildman–Crippen MR) is 72.3 cm³/mol. The zero-order chi connectivity index (χ0) is 13.2. The zero-order valence-corrected chi connectivity index (χ0v) is 11.6. The molecule has 18 heavy (non-hydrogen) atoms. The first-order chi connectivity index (χ1) is 8.54. The molecule has 0 amide bonds. The van der Waals surface area contributed by atoms with Crippen molar-refractivity contribution in [1.29, 1.82) is 0 Å². The number of carboxylic acid groups (broad SMARTS) is 1. The van der Waals surface area contributed by atoms with E-state index in [0.717, 1.165) is 31.1 Å². The van der Waals surface area contributed by atoms with Gasteiger partial charge in [-0.15, -0.1) is 0 Å². The van der Waals surface area contributed by atoms with E-state index >= 15 is 0 Å². The molecule has 0 atom stereocenters. The summed E-state index contributed by atoms with van der Waals surface area (Å²) in [5.41, 5.74) is -0.326. The third kappa shape index (κ3) is 3.29. The molecule has 0 unspecified atom stereocenters. The topological polar surface area (TPSA) is 72.2 Å². The minimum absolute atomic E-state index is 0.0806. The second-order valence-corrected chi connectivity index (χ2v) is 6.46. The summed E-state index contributed by atoms with van der Waals surface area (Å²) in [7, 11) is 0. The fourth-order valence-electron chi connectivity index (χ4n) is 1.65. The Kier molecular flexibility index (Phi) is 4.01. The number of hydrogen-bond acceptors (Lipinski definition) is 5. The lowest BCUT2D eigenvalue weighted by molar-refractivity contribution is -0.133. The lowest BCUT2D eigenvalue weighted by Gasteiger charge is -2.17. The van der Waals surface area contributed by atoms with Crippen LogP contribution in [0.15, 0.2) is 22.2 Å². The highest BCUT2D eigenvalue weighted by Crippen LogP contribution is 2.48. The van der Waals surface area contributed by atoms with Crippen LogP contribution in [0.3, 0.4) is 0 Å². The molecule has 1 fully saturated rings. The Bertz CT molecular complexity index is 511. The van der Waals surface area contributed by atoms with Crippen LogP contribution in [-0.2, 0) is 11.3 Å². The molecule has 0 saturated heterocycles. The zero-order valence-electron chi connectivity index (χ0n) is 9.96. The number of rotatable bonds is 6. The summed E-state index contributed by atoms with van der Waals surface area (Å²) in [4.78, 5) is 25.7. The quantitative estimate of drug-likeness (QED) is 0.628. The number of aliphatic carboxylic acids is 1. The van der Waals surface area contributed by atoms with Crippen LogP contribution in [-0.4, -0.2) is 37.4 Å². The molecule has 1 saturated carbocycles. The van der Waals surface area contributed by atoms with Crippen molar-refractivity contribution in [2.24, 2.45) is 0 Å². The summed E-state index contributed by atoms with van der Waals surface area (Å²) in [5.74, 6) is -0.987. The van der Waals surface area contributed by atoms with Crippen molar-refractivity contribution < 1.29 is 9.90 Å². The lowest BCUT2D eigenvalue weighted by atomic mass is 10.4. The molecule has 2 rings (SSSR count). The van der Waals surface area contributed by atoms with Crippen LogP contribution in [0.25, 0.3) is 0 Å². The monoisotopic (exact) mass is 286 g/mol. The third-order valence-electron chi connectivity index (χ3n) is 2.87. The largest absolute Gasteiger partial charge is 0.481 e. The van der Waals surface area contributed by atoms with Crippen molar-refractivity contribution >= 4 is 29.5 Å². The number of carbonyl (C=O) groups is 1. The van der Waals surface area contributed by atoms with Gasteiger partial charge in [-0.2, -0.15) is 16.7 Å². The van der Waals surface area contributed by atoms with E-state index in [-0.39, 0.29) is 16.1 Å². The second-order valence-electron chi connectivity index (χ2n) is 4.25. The van der Waals surface area contributed by atoms with Crippen molar-refractivity contribution in [3.63, 3.8) is 0 Å². The molecule has 0 aromatic carbocycles. The highest BCUT2D eigenvalue weighted by molar-refractivity contribution is 8.00. The molecule has 7 heteroatoms. The molecule has 0 spiro atoms. The molecule has 1 aromatic rings. The maximum absolute atomic E-state index is 11.2. The standard InChI is InChI=1S/C11H14N2O3S2/c1-17-11(3-4-11)7-13-5-2-8(14)12-10(13)18-6-9(15)16/h2,5H,3-4,6-7H2,1H3,(H,15,16). The average molecular weight is 286 g/mol. The van der Waals surface area contributed by atoms with Gasteiger partial charge in [0.25, 0.3) is 5.56 Å². The predicted octanol–water partition coefficient (Wildman–Crippen LogP) is 1.32. The van der Waals surface area contributed by atoms with Gasteiger partial charge >= 0.3 is 5.97 Å². The van der Waals surface area contributed by atoms with Crippen LogP contribution in [0.1, 0.15) is 12.8 Å². The van der Waals surface area contributed by atoms with Gasteiger partial charge in [0.15, 0.2) is 5.16 Å². The molecule has 1 N–H and O–H groups in total. The molecule has 5 nitrogen and oxygen atoms in total. The van der Waals surface area contributed by atoms with E-state index in [1.807, 2.05) is 16.3 Å². The summed E-state index contributed by atoms with van der Waals surface area (Å²) in [6.07, 6.45) is 6.09. The van der Waals surface area contributed by atoms with Gasteiger partial charge in [0.05, 0.1) is 5.75 Å². The Labute approximate surface area is 113 Å². The molecule has 1 heterocycles. The van der Waals surface area contributed by atoms with Gasteiger partial charge in [-0.05, 0) is 19.1 Å². The van der Waals surface area contributed by atoms with Gasteiger partial charge in [-0.1, -0.05) is 11.8 Å². The average Bonchev–Trinajstić information content (AvgIpc) is 3.10. The molecule has 1 aromatic heterocycles. The van der Waals surface area contributed by atoms with E-state index in [1.54, 1.807) is 6.20 Å². The second kappa shape index (κ2) is 5.36. The Hall–Kier alpha value is -0.950. The molecule has 0 bridgehead atoms. The van der Waals surface area contributed by atoms with Gasteiger partial charge < -0.3 is 9.67 Å². The fourth-order valence-corrected chi connectivity index (χ4v) is 3.13. The number of hydrogen-bond donors (Lipinski definition) is 1. The molecule has 1 aliphatic rings. The number of aromatic nitrogens is 2. The van der Waals surface area contributed by atoms with E-state index in [0.29, 0.717) is 5.16 Å². The number of thioether (sulfide) groups is 2. The van der Waals surface area contributed by atoms with Crippen molar-refractivity contribution in [2.75, 3.05) is 12.0 Å². The van der Waals surface area contributed by atoms with Gasteiger partial charge in [0, 0.05) is 23.6 Å². The minimum atomic E-state index is -0.907. The number of nitrogens with zero attached hydrogens (tertiary/aromatic N) is 2. The third-order valence-corrected chi connectivity index (χ3v) is 5.25. The first-order valence-electron chi connectivity index (χ1n) is 5.52. The van der Waals surface area contributed by atoms with Gasteiger partial charge in [0.1, 0.15) is 0 Å². The molecule has 0 radical (unpaired) electrons. The van der Waals surface area contributed by atoms with Crippen LogP contribution in [0.4, 0.5) is 0 Å². The maximum Gasteiger partial charge on any atom is 0.313 e. The Morgan fingerprint density at radius 3 is 2.89 bits per heavy atom. The summed E-state index contributed by atoms with van der Waals surface area (Å²) < 4.78 is 2.13. The highest BCUT2D eigenvalue weighted by atomic mass is 32.2. The van der Waals surface area contributed by atoms with E-state index in [9.17, 15) is 9.59 Å². The normalized spacial score (nSPS) is 16.5. The van der Waals surface area contributed by atoms with E-state index in [2.05, 4.69) is 11.2 Å². The summed E-state index contributed by atoms with van der Waals surface area (Å²) in [6, 6.07) is 1.42. The van der Waals surface area contributed by atoms with Crippen LogP contribution in [0.5, 0.6) is 0 Å². The fraction of sp³-hybridized carbons (Fsp3) is 0.545. The van der Waals surface area contributed by atoms with Crippen molar-refractivity contribution in [3.05, 3.63) is 22.6 Å². The summed E-state index contributed by atoms with van der Waals surface area (Å²) in [5, 5.41) is 9.18. The number of carboxylic acids is 1. The smallest absolute Gasteiger partial charge is 0.313 e. The van der Waals surface area contributed by atoms with Gasteiger partial charge in [0.2, 0.25) is 0 Å². The molecular weight excluding hydrogens is 272 g/mol. The lowest BCUT2D eigenvalue weighted by Crippen LogP contribution is -2.20. The first-order valence-corrected chi connectivity index (χ1v) is 7.73. The van der Waals surface area contributed by atoms with E-state index in [1.165, 1.54) is 6.07 Å². The van der Waals surface area contributed by atoms with Gasteiger partial charge in [-0.25, -0.2) is 0 Å². The Balaban J connectivity index is 2.17.